The summed E-state index contributed by atoms with van der Waals surface area (Å²) >= 11 is 0. The smallest absolute Gasteiger partial charge is 0.324 e. The van der Waals surface area contributed by atoms with Gasteiger partial charge in [0.25, 0.3) is 5.91 Å². The fourth-order valence-corrected chi connectivity index (χ4v) is 3.62. The summed E-state index contributed by atoms with van der Waals surface area (Å²) in [5, 5.41) is 2.54. The molecule has 0 saturated carbocycles. The zero-order chi connectivity index (χ0) is 20.7. The molecular formula is C19H24N2O6S. The van der Waals surface area contributed by atoms with Gasteiger partial charge in [-0.1, -0.05) is 31.5 Å². The number of hydrogen-bond donors (Lipinski definition) is 2. The van der Waals surface area contributed by atoms with Crippen molar-refractivity contribution in [3.05, 3.63) is 54.0 Å². The number of benzene rings is 1. The molecule has 0 spiro atoms. The van der Waals surface area contributed by atoms with Gasteiger partial charge in [0.1, 0.15) is 11.8 Å². The molecule has 1 atom stereocenters. The third kappa shape index (κ3) is 6.21. The van der Waals surface area contributed by atoms with Gasteiger partial charge in [-0.15, -0.1) is 0 Å². The molecule has 1 heterocycles. The minimum atomic E-state index is -3.91. The number of carbonyl (C=O) groups is 2. The first-order valence-corrected chi connectivity index (χ1v) is 10.2. The first-order chi connectivity index (χ1) is 13.2. The number of amides is 1. The van der Waals surface area contributed by atoms with Crippen LogP contribution in [0.5, 0.6) is 0 Å². The molecule has 1 aromatic heterocycles. The van der Waals surface area contributed by atoms with Gasteiger partial charge in [-0.2, -0.15) is 4.72 Å². The fourth-order valence-electron chi connectivity index (χ4n) is 2.29. The van der Waals surface area contributed by atoms with Crippen molar-refractivity contribution in [3.8, 4) is 0 Å². The van der Waals surface area contributed by atoms with Crippen LogP contribution in [0, 0.1) is 12.8 Å². The first kappa shape index (κ1) is 21.6. The number of rotatable bonds is 9. The summed E-state index contributed by atoms with van der Waals surface area (Å²) in [5.74, 6) is -1.16. The summed E-state index contributed by atoms with van der Waals surface area (Å²) in [6.07, 6.45) is 1.48. The number of sulfonamides is 1. The molecule has 0 fully saturated rings. The third-order valence-corrected chi connectivity index (χ3v) is 5.38. The van der Waals surface area contributed by atoms with Gasteiger partial charge < -0.3 is 14.5 Å². The monoisotopic (exact) mass is 408 g/mol. The van der Waals surface area contributed by atoms with Crippen LogP contribution in [0.1, 0.15) is 25.2 Å². The van der Waals surface area contributed by atoms with Gasteiger partial charge in [-0.3, -0.25) is 9.59 Å². The Bertz CT molecular complexity index is 889. The minimum Gasteiger partial charge on any atom is -0.467 e. The summed E-state index contributed by atoms with van der Waals surface area (Å²) in [4.78, 5) is 24.2. The number of hydrogen-bond acceptors (Lipinski definition) is 6. The van der Waals surface area contributed by atoms with Crippen molar-refractivity contribution >= 4 is 21.9 Å². The van der Waals surface area contributed by atoms with E-state index in [-0.39, 0.29) is 17.4 Å². The Morgan fingerprint density at radius 2 is 1.82 bits per heavy atom. The lowest BCUT2D eigenvalue weighted by Crippen LogP contribution is -2.46. The van der Waals surface area contributed by atoms with E-state index in [9.17, 15) is 18.0 Å². The number of nitrogens with one attached hydrogen (secondary N) is 2. The van der Waals surface area contributed by atoms with Crippen molar-refractivity contribution in [3.63, 3.8) is 0 Å². The zero-order valence-corrected chi connectivity index (χ0v) is 16.8. The van der Waals surface area contributed by atoms with Gasteiger partial charge in [0.2, 0.25) is 10.0 Å². The number of ether oxygens (including phenoxy) is 1. The molecule has 2 N–H and O–H groups in total. The second kappa shape index (κ2) is 9.52. The van der Waals surface area contributed by atoms with Gasteiger partial charge in [-0.25, -0.2) is 8.42 Å². The Hall–Kier alpha value is -2.65. The molecule has 9 heteroatoms. The largest absolute Gasteiger partial charge is 0.467 e. The van der Waals surface area contributed by atoms with E-state index in [4.69, 9.17) is 9.15 Å². The van der Waals surface area contributed by atoms with Crippen LogP contribution in [0.15, 0.2) is 52.0 Å². The summed E-state index contributed by atoms with van der Waals surface area (Å²) in [5.41, 5.74) is 0.916. The maximum absolute atomic E-state index is 12.5. The van der Waals surface area contributed by atoms with Crippen LogP contribution in [0.4, 0.5) is 0 Å². The van der Waals surface area contributed by atoms with Crippen molar-refractivity contribution in [2.45, 2.75) is 38.3 Å². The SMILES string of the molecule is Cc1ccc(S(=O)(=O)NC(C(=O)OCC(=O)NCc2ccco2)C(C)C)cc1. The Labute approximate surface area is 164 Å². The third-order valence-electron chi connectivity index (χ3n) is 3.92. The van der Waals surface area contributed by atoms with Crippen molar-refractivity contribution in [1.29, 1.82) is 0 Å². The average molecular weight is 408 g/mol. The summed E-state index contributed by atoms with van der Waals surface area (Å²) in [6, 6.07) is 8.52. The minimum absolute atomic E-state index is 0.0488. The van der Waals surface area contributed by atoms with E-state index < -0.39 is 34.5 Å². The molecule has 152 valence electrons. The normalized spacial score (nSPS) is 12.6. The molecule has 0 aliphatic rings. The predicted octanol–water partition coefficient (Wildman–Crippen LogP) is 1.75. The van der Waals surface area contributed by atoms with Crippen molar-refractivity contribution in [2.75, 3.05) is 6.61 Å². The molecule has 0 bridgehead atoms. The van der Waals surface area contributed by atoms with Crippen LogP contribution in [0.2, 0.25) is 0 Å². The van der Waals surface area contributed by atoms with Gasteiger partial charge in [0.05, 0.1) is 17.7 Å². The molecule has 1 amide bonds. The van der Waals surface area contributed by atoms with E-state index in [1.165, 1.54) is 18.4 Å². The van der Waals surface area contributed by atoms with Gasteiger partial charge in [0.15, 0.2) is 6.61 Å². The van der Waals surface area contributed by atoms with Crippen LogP contribution in [-0.4, -0.2) is 32.9 Å². The molecule has 0 radical (unpaired) electrons. The van der Waals surface area contributed by atoms with Crippen LogP contribution >= 0.6 is 0 Å². The number of esters is 1. The topological polar surface area (TPSA) is 115 Å². The Kier molecular flexibility index (Phi) is 7.36. The molecule has 0 saturated heterocycles. The maximum Gasteiger partial charge on any atom is 0.324 e. The van der Waals surface area contributed by atoms with Crippen molar-refractivity contribution in [2.24, 2.45) is 5.92 Å². The molecule has 2 aromatic rings. The number of aryl methyl sites for hydroxylation is 1. The lowest BCUT2D eigenvalue weighted by Gasteiger charge is -2.20. The molecule has 8 nitrogen and oxygen atoms in total. The van der Waals surface area contributed by atoms with Gasteiger partial charge in [0, 0.05) is 0 Å². The second-order valence-electron chi connectivity index (χ2n) is 6.62. The van der Waals surface area contributed by atoms with Gasteiger partial charge in [-0.05, 0) is 37.1 Å². The molecule has 0 aliphatic heterocycles. The number of furan rings is 1. The Balaban J connectivity index is 1.93. The van der Waals surface area contributed by atoms with E-state index in [1.807, 2.05) is 6.92 Å². The highest BCUT2D eigenvalue weighted by Crippen LogP contribution is 2.13. The number of carbonyl (C=O) groups excluding carboxylic acids is 2. The highest BCUT2D eigenvalue weighted by atomic mass is 32.2. The summed E-state index contributed by atoms with van der Waals surface area (Å²) in [7, 11) is -3.91. The molecule has 0 aliphatic carbocycles. The summed E-state index contributed by atoms with van der Waals surface area (Å²) in [6.45, 7) is 4.85. The lowest BCUT2D eigenvalue weighted by molar-refractivity contribution is -0.151. The van der Waals surface area contributed by atoms with E-state index >= 15 is 0 Å². The highest BCUT2D eigenvalue weighted by Gasteiger charge is 2.30. The van der Waals surface area contributed by atoms with E-state index in [2.05, 4.69) is 10.0 Å². The summed E-state index contributed by atoms with van der Waals surface area (Å²) < 4.78 is 37.5. The molecule has 1 unspecified atom stereocenters. The van der Waals surface area contributed by atoms with E-state index in [0.29, 0.717) is 5.76 Å². The highest BCUT2D eigenvalue weighted by molar-refractivity contribution is 7.89. The van der Waals surface area contributed by atoms with Crippen molar-refractivity contribution in [1.82, 2.24) is 10.0 Å². The fraction of sp³-hybridized carbons (Fsp3) is 0.368. The first-order valence-electron chi connectivity index (χ1n) is 8.74. The molecule has 1 aromatic carbocycles. The molecule has 28 heavy (non-hydrogen) atoms. The quantitative estimate of drug-likeness (QED) is 0.611. The second-order valence-corrected chi connectivity index (χ2v) is 8.33. The van der Waals surface area contributed by atoms with E-state index in [0.717, 1.165) is 5.56 Å². The van der Waals surface area contributed by atoms with Crippen LogP contribution in [0.25, 0.3) is 0 Å². The van der Waals surface area contributed by atoms with Gasteiger partial charge >= 0.3 is 5.97 Å². The standard InChI is InChI=1S/C19H24N2O6S/c1-13(2)18(21-28(24,25)16-8-6-14(3)7-9-16)19(23)27-12-17(22)20-11-15-5-4-10-26-15/h4-10,13,18,21H,11-12H2,1-3H3,(H,20,22). The van der Waals surface area contributed by atoms with Crippen molar-refractivity contribution < 1.29 is 27.2 Å². The van der Waals surface area contributed by atoms with Crippen LogP contribution < -0.4 is 10.0 Å². The Morgan fingerprint density at radius 1 is 1.14 bits per heavy atom. The maximum atomic E-state index is 12.5. The molecule has 2 rings (SSSR count). The van der Waals surface area contributed by atoms with Crippen LogP contribution in [0.3, 0.4) is 0 Å². The lowest BCUT2D eigenvalue weighted by atomic mass is 10.1. The van der Waals surface area contributed by atoms with E-state index in [1.54, 1.807) is 38.1 Å². The Morgan fingerprint density at radius 3 is 2.39 bits per heavy atom. The average Bonchev–Trinajstić information content (AvgIpc) is 3.16. The predicted molar refractivity (Wildman–Crippen MR) is 102 cm³/mol. The zero-order valence-electron chi connectivity index (χ0n) is 16.0. The molecular weight excluding hydrogens is 384 g/mol. The van der Waals surface area contributed by atoms with Crippen LogP contribution in [-0.2, 0) is 30.9 Å².